The number of hydrogen-bond donors (Lipinski definition) is 1. The van der Waals surface area contributed by atoms with E-state index in [1.54, 1.807) is 48.4 Å². The number of benzene rings is 1. The lowest BCUT2D eigenvalue weighted by atomic mass is 10.1. The molecule has 0 bridgehead atoms. The molecule has 7 heteroatoms. The highest BCUT2D eigenvalue weighted by atomic mass is 16.5. The Kier molecular flexibility index (Phi) is 5.26. The molecular weight excluding hydrogens is 286 g/mol. The number of carbonyl (C=O) groups excluding carboxylic acids is 2. The average Bonchev–Trinajstić information content (AvgIpc) is 3.01. The van der Waals surface area contributed by atoms with Gasteiger partial charge in [-0.15, -0.1) is 0 Å². The summed E-state index contributed by atoms with van der Waals surface area (Å²) in [7, 11) is 1.44. The quantitative estimate of drug-likeness (QED) is 0.820. The van der Waals surface area contributed by atoms with Crippen LogP contribution in [0.5, 0.6) is 0 Å². The van der Waals surface area contributed by atoms with E-state index >= 15 is 0 Å². The second kappa shape index (κ2) is 7.37. The van der Waals surface area contributed by atoms with E-state index in [0.29, 0.717) is 16.9 Å². The molecule has 0 saturated carbocycles. The van der Waals surface area contributed by atoms with Gasteiger partial charge in [0.25, 0.3) is 0 Å². The normalized spacial score (nSPS) is 10.3. The molecular formula is C15H17N3O4. The third kappa shape index (κ3) is 3.70. The number of ether oxygens (including phenoxy) is 2. The van der Waals surface area contributed by atoms with Crippen LogP contribution < -0.4 is 5.32 Å². The Morgan fingerprint density at radius 3 is 2.82 bits per heavy atom. The third-order valence-corrected chi connectivity index (χ3v) is 2.84. The van der Waals surface area contributed by atoms with Gasteiger partial charge >= 0.3 is 5.97 Å². The van der Waals surface area contributed by atoms with Crippen LogP contribution in [0.4, 0.5) is 5.69 Å². The highest BCUT2D eigenvalue weighted by molar-refractivity contribution is 5.97. The smallest absolute Gasteiger partial charge is 0.338 e. The van der Waals surface area contributed by atoms with Crippen LogP contribution >= 0.6 is 0 Å². The first-order valence-electron chi connectivity index (χ1n) is 6.74. The molecule has 0 aliphatic heterocycles. The van der Waals surface area contributed by atoms with Gasteiger partial charge in [-0.2, -0.15) is 0 Å². The highest BCUT2D eigenvalue weighted by Gasteiger charge is 2.13. The van der Waals surface area contributed by atoms with E-state index in [0.717, 1.165) is 0 Å². The van der Waals surface area contributed by atoms with Crippen LogP contribution in [0.15, 0.2) is 36.9 Å². The molecule has 1 aromatic heterocycles. The second-order valence-electron chi connectivity index (χ2n) is 4.40. The van der Waals surface area contributed by atoms with E-state index in [4.69, 9.17) is 9.47 Å². The fourth-order valence-electron chi connectivity index (χ4n) is 1.92. The molecule has 0 atom stereocenters. The number of imidazole rings is 1. The summed E-state index contributed by atoms with van der Waals surface area (Å²) in [6.07, 6.45) is 4.97. The lowest BCUT2D eigenvalue weighted by Gasteiger charge is -2.13. The summed E-state index contributed by atoms with van der Waals surface area (Å²) in [6.45, 7) is 1.94. The average molecular weight is 303 g/mol. The van der Waals surface area contributed by atoms with Gasteiger partial charge in [0.15, 0.2) is 0 Å². The van der Waals surface area contributed by atoms with Gasteiger partial charge in [0.05, 0.1) is 29.9 Å². The zero-order valence-electron chi connectivity index (χ0n) is 12.4. The van der Waals surface area contributed by atoms with Crippen LogP contribution in [-0.2, 0) is 14.3 Å². The van der Waals surface area contributed by atoms with Crippen molar-refractivity contribution in [2.24, 2.45) is 0 Å². The number of hydrogen-bond acceptors (Lipinski definition) is 5. The molecule has 0 fully saturated rings. The maximum atomic E-state index is 11.8. The van der Waals surface area contributed by atoms with Crippen LogP contribution in [-0.4, -0.2) is 41.8 Å². The minimum atomic E-state index is -0.443. The number of methoxy groups -OCH3 is 1. The molecule has 1 amide bonds. The van der Waals surface area contributed by atoms with Crippen LogP contribution in [0.2, 0.25) is 0 Å². The SMILES string of the molecule is CCOC(=O)c1ccc(-n2ccnc2)c(NC(=O)COC)c1. The topological polar surface area (TPSA) is 82.5 Å². The number of anilines is 1. The molecule has 2 rings (SSSR count). The summed E-state index contributed by atoms with van der Waals surface area (Å²) in [4.78, 5) is 27.6. The zero-order valence-corrected chi connectivity index (χ0v) is 12.4. The number of rotatable bonds is 6. The van der Waals surface area contributed by atoms with Crippen molar-refractivity contribution in [1.29, 1.82) is 0 Å². The Morgan fingerprint density at radius 1 is 1.36 bits per heavy atom. The number of aromatic nitrogens is 2. The fourth-order valence-corrected chi connectivity index (χ4v) is 1.92. The molecule has 2 aromatic rings. The first-order valence-corrected chi connectivity index (χ1v) is 6.74. The van der Waals surface area contributed by atoms with Crippen molar-refractivity contribution in [1.82, 2.24) is 9.55 Å². The van der Waals surface area contributed by atoms with Gasteiger partial charge in [0, 0.05) is 19.5 Å². The van der Waals surface area contributed by atoms with Crippen molar-refractivity contribution in [2.45, 2.75) is 6.92 Å². The van der Waals surface area contributed by atoms with Crippen molar-refractivity contribution in [3.05, 3.63) is 42.5 Å². The summed E-state index contributed by atoms with van der Waals surface area (Å²) in [5.41, 5.74) is 1.53. The number of nitrogens with zero attached hydrogens (tertiary/aromatic N) is 2. The summed E-state index contributed by atoms with van der Waals surface area (Å²) in [5.74, 6) is -0.758. The number of amides is 1. The maximum Gasteiger partial charge on any atom is 0.338 e. The Hall–Kier alpha value is -2.67. The first kappa shape index (κ1) is 15.7. The molecule has 0 aliphatic carbocycles. The van der Waals surface area contributed by atoms with Crippen LogP contribution in [0, 0.1) is 0 Å². The first-order chi connectivity index (χ1) is 10.7. The van der Waals surface area contributed by atoms with Gasteiger partial charge in [-0.1, -0.05) is 0 Å². The largest absolute Gasteiger partial charge is 0.462 e. The number of carbonyl (C=O) groups is 2. The molecule has 1 heterocycles. The summed E-state index contributed by atoms with van der Waals surface area (Å²) in [6, 6.07) is 4.93. The van der Waals surface area contributed by atoms with Gasteiger partial charge in [-0.25, -0.2) is 9.78 Å². The number of nitrogens with one attached hydrogen (secondary N) is 1. The molecule has 0 radical (unpaired) electrons. The third-order valence-electron chi connectivity index (χ3n) is 2.84. The molecule has 0 unspecified atom stereocenters. The number of esters is 1. The molecule has 0 aliphatic rings. The Labute approximate surface area is 127 Å². The molecule has 116 valence electrons. The van der Waals surface area contributed by atoms with Gasteiger partial charge in [0.1, 0.15) is 6.61 Å². The van der Waals surface area contributed by atoms with Crippen LogP contribution in [0.3, 0.4) is 0 Å². The van der Waals surface area contributed by atoms with Gasteiger partial charge in [0.2, 0.25) is 5.91 Å². The van der Waals surface area contributed by atoms with Crippen LogP contribution in [0.25, 0.3) is 5.69 Å². The van der Waals surface area contributed by atoms with E-state index < -0.39 is 5.97 Å². The van der Waals surface area contributed by atoms with Crippen molar-refractivity contribution < 1.29 is 19.1 Å². The molecule has 1 N–H and O–H groups in total. The maximum absolute atomic E-state index is 11.8. The highest BCUT2D eigenvalue weighted by Crippen LogP contribution is 2.22. The summed E-state index contributed by atoms with van der Waals surface area (Å²) >= 11 is 0. The lowest BCUT2D eigenvalue weighted by molar-refractivity contribution is -0.119. The predicted octanol–water partition coefficient (Wildman–Crippen LogP) is 1.63. The Bertz CT molecular complexity index is 653. The Morgan fingerprint density at radius 2 is 2.18 bits per heavy atom. The molecule has 0 saturated heterocycles. The van der Waals surface area contributed by atoms with Gasteiger partial charge in [-0.3, -0.25) is 4.79 Å². The van der Waals surface area contributed by atoms with Gasteiger partial charge in [-0.05, 0) is 25.1 Å². The lowest BCUT2D eigenvalue weighted by Crippen LogP contribution is -2.19. The van der Waals surface area contributed by atoms with E-state index in [9.17, 15) is 9.59 Å². The summed E-state index contributed by atoms with van der Waals surface area (Å²) in [5, 5.41) is 2.72. The zero-order chi connectivity index (χ0) is 15.9. The van der Waals surface area contributed by atoms with Crippen molar-refractivity contribution in [2.75, 3.05) is 25.6 Å². The molecule has 0 spiro atoms. The van der Waals surface area contributed by atoms with Crippen molar-refractivity contribution >= 4 is 17.6 Å². The molecule has 22 heavy (non-hydrogen) atoms. The Balaban J connectivity index is 2.37. The van der Waals surface area contributed by atoms with Crippen molar-refractivity contribution in [3.8, 4) is 5.69 Å². The molecule has 7 nitrogen and oxygen atoms in total. The minimum Gasteiger partial charge on any atom is -0.462 e. The predicted molar refractivity (Wildman–Crippen MR) is 80.0 cm³/mol. The van der Waals surface area contributed by atoms with E-state index in [1.165, 1.54) is 7.11 Å². The second-order valence-corrected chi connectivity index (χ2v) is 4.40. The standard InChI is InChI=1S/C15H17N3O4/c1-3-22-15(20)11-4-5-13(18-7-6-16-10-18)12(8-11)17-14(19)9-21-2/h4-8,10H,3,9H2,1-2H3,(H,17,19). The van der Waals surface area contributed by atoms with Crippen molar-refractivity contribution in [3.63, 3.8) is 0 Å². The molecule has 1 aromatic carbocycles. The van der Waals surface area contributed by atoms with Crippen LogP contribution in [0.1, 0.15) is 17.3 Å². The van der Waals surface area contributed by atoms with E-state index in [-0.39, 0.29) is 19.1 Å². The monoisotopic (exact) mass is 303 g/mol. The van der Waals surface area contributed by atoms with E-state index in [1.807, 2.05) is 0 Å². The minimum absolute atomic E-state index is 0.0764. The van der Waals surface area contributed by atoms with E-state index in [2.05, 4.69) is 10.3 Å². The summed E-state index contributed by atoms with van der Waals surface area (Å²) < 4.78 is 11.5. The van der Waals surface area contributed by atoms with Gasteiger partial charge < -0.3 is 19.4 Å². The fraction of sp³-hybridized carbons (Fsp3) is 0.267.